The van der Waals surface area contributed by atoms with E-state index >= 15 is 0 Å². The average Bonchev–Trinajstić information content (AvgIpc) is 2.65. The molecule has 0 saturated carbocycles. The summed E-state index contributed by atoms with van der Waals surface area (Å²) in [6.07, 6.45) is 0. The first-order valence-electron chi connectivity index (χ1n) is 7.95. The molecule has 0 radical (unpaired) electrons. The monoisotopic (exact) mass is 330 g/mol. The van der Waals surface area contributed by atoms with Gasteiger partial charge in [0.1, 0.15) is 5.75 Å². The van der Waals surface area contributed by atoms with Gasteiger partial charge in [0, 0.05) is 10.9 Å². The summed E-state index contributed by atoms with van der Waals surface area (Å²) in [5, 5.41) is 3.69. The fourth-order valence-electron chi connectivity index (χ4n) is 2.50. The van der Waals surface area contributed by atoms with Crippen LogP contribution in [0.25, 0.3) is 10.9 Å². The normalized spacial score (nSPS) is 10.0. The van der Waals surface area contributed by atoms with Crippen LogP contribution in [0.5, 0.6) is 5.75 Å². The summed E-state index contributed by atoms with van der Waals surface area (Å²) in [4.78, 5) is 16.9. The molecule has 1 aromatic heterocycles. The number of amides is 1. The van der Waals surface area contributed by atoms with Gasteiger partial charge in [0.05, 0.1) is 30.4 Å². The number of hydrogen-bond acceptors (Lipinski definition) is 3. The van der Waals surface area contributed by atoms with Gasteiger partial charge in [0.15, 0.2) is 0 Å². The van der Waals surface area contributed by atoms with E-state index in [4.69, 9.17) is 4.74 Å². The van der Waals surface area contributed by atoms with Gasteiger partial charge in [-0.1, -0.05) is 30.0 Å². The van der Waals surface area contributed by atoms with E-state index in [1.807, 2.05) is 61.5 Å². The SMILES string of the molecule is COc1ccc2nc(C)c(C(=O)NCC#Cc3ccccc3)cc2c1. The summed E-state index contributed by atoms with van der Waals surface area (Å²) in [6, 6.07) is 17.1. The highest BCUT2D eigenvalue weighted by molar-refractivity contribution is 5.98. The quantitative estimate of drug-likeness (QED) is 0.750. The lowest BCUT2D eigenvalue weighted by Crippen LogP contribution is -2.24. The van der Waals surface area contributed by atoms with Crippen molar-refractivity contribution in [2.24, 2.45) is 0 Å². The van der Waals surface area contributed by atoms with Gasteiger partial charge < -0.3 is 10.1 Å². The molecule has 4 heteroatoms. The second-order valence-electron chi connectivity index (χ2n) is 5.53. The van der Waals surface area contributed by atoms with Gasteiger partial charge in [-0.25, -0.2) is 0 Å². The number of hydrogen-bond donors (Lipinski definition) is 1. The smallest absolute Gasteiger partial charge is 0.253 e. The summed E-state index contributed by atoms with van der Waals surface area (Å²) in [6.45, 7) is 2.11. The summed E-state index contributed by atoms with van der Waals surface area (Å²) in [7, 11) is 1.61. The number of nitrogens with zero attached hydrogens (tertiary/aromatic N) is 1. The number of ether oxygens (including phenoxy) is 1. The molecule has 25 heavy (non-hydrogen) atoms. The third-order valence-electron chi connectivity index (χ3n) is 3.80. The standard InChI is InChI=1S/C21H18N2O2/c1-15-19(14-17-13-18(25-2)10-11-20(17)23-15)21(24)22-12-6-9-16-7-4-3-5-8-16/h3-5,7-8,10-11,13-14H,12H2,1-2H3,(H,22,24). The maximum absolute atomic E-state index is 12.4. The molecular weight excluding hydrogens is 312 g/mol. The molecule has 3 rings (SSSR count). The van der Waals surface area contributed by atoms with Crippen molar-refractivity contribution in [3.05, 3.63) is 71.4 Å². The molecule has 0 unspecified atom stereocenters. The fourth-order valence-corrected chi connectivity index (χ4v) is 2.50. The van der Waals surface area contributed by atoms with E-state index in [-0.39, 0.29) is 12.5 Å². The molecule has 2 aromatic carbocycles. The van der Waals surface area contributed by atoms with Crippen LogP contribution in [0.2, 0.25) is 0 Å². The highest BCUT2D eigenvalue weighted by Crippen LogP contribution is 2.21. The van der Waals surface area contributed by atoms with E-state index in [0.717, 1.165) is 22.2 Å². The average molecular weight is 330 g/mol. The Morgan fingerprint density at radius 2 is 1.96 bits per heavy atom. The van der Waals surface area contributed by atoms with Gasteiger partial charge in [-0.15, -0.1) is 0 Å². The van der Waals surface area contributed by atoms with Crippen LogP contribution in [-0.2, 0) is 0 Å². The molecule has 0 aliphatic carbocycles. The zero-order valence-corrected chi connectivity index (χ0v) is 14.2. The third-order valence-corrected chi connectivity index (χ3v) is 3.80. The maximum Gasteiger partial charge on any atom is 0.253 e. The van der Waals surface area contributed by atoms with Crippen molar-refractivity contribution in [3.63, 3.8) is 0 Å². The topological polar surface area (TPSA) is 51.2 Å². The highest BCUT2D eigenvalue weighted by atomic mass is 16.5. The Labute approximate surface area is 146 Å². The summed E-state index contributed by atoms with van der Waals surface area (Å²) >= 11 is 0. The third kappa shape index (κ3) is 3.96. The minimum atomic E-state index is -0.183. The van der Waals surface area contributed by atoms with Crippen LogP contribution in [0.15, 0.2) is 54.6 Å². The minimum absolute atomic E-state index is 0.183. The molecule has 4 nitrogen and oxygen atoms in total. The van der Waals surface area contributed by atoms with Gasteiger partial charge in [0.2, 0.25) is 0 Å². The summed E-state index contributed by atoms with van der Waals surface area (Å²) < 4.78 is 5.23. The van der Waals surface area contributed by atoms with Crippen molar-refractivity contribution >= 4 is 16.8 Å². The first-order valence-corrected chi connectivity index (χ1v) is 7.95. The van der Waals surface area contributed by atoms with Crippen LogP contribution in [-0.4, -0.2) is 24.5 Å². The number of nitrogens with one attached hydrogen (secondary N) is 1. The van der Waals surface area contributed by atoms with Gasteiger partial charge in [0.25, 0.3) is 5.91 Å². The molecule has 0 aliphatic heterocycles. The number of aromatic nitrogens is 1. The van der Waals surface area contributed by atoms with Crippen molar-refractivity contribution < 1.29 is 9.53 Å². The van der Waals surface area contributed by atoms with E-state index in [1.54, 1.807) is 7.11 Å². The Bertz CT molecular complexity index is 970. The molecule has 0 bridgehead atoms. The molecule has 1 heterocycles. The van der Waals surface area contributed by atoms with Crippen LogP contribution < -0.4 is 10.1 Å². The minimum Gasteiger partial charge on any atom is -0.497 e. The molecule has 1 amide bonds. The van der Waals surface area contributed by atoms with Crippen molar-refractivity contribution in [3.8, 4) is 17.6 Å². The van der Waals surface area contributed by atoms with Gasteiger partial charge in [-0.3, -0.25) is 9.78 Å². The molecule has 0 spiro atoms. The van der Waals surface area contributed by atoms with Crippen molar-refractivity contribution in [2.75, 3.05) is 13.7 Å². The predicted molar refractivity (Wildman–Crippen MR) is 98.7 cm³/mol. The Morgan fingerprint density at radius 3 is 2.72 bits per heavy atom. The zero-order valence-electron chi connectivity index (χ0n) is 14.2. The molecule has 0 saturated heterocycles. The predicted octanol–water partition coefficient (Wildman–Crippen LogP) is 3.33. The maximum atomic E-state index is 12.4. The second kappa shape index (κ2) is 7.50. The molecule has 124 valence electrons. The second-order valence-corrected chi connectivity index (χ2v) is 5.53. The van der Waals surface area contributed by atoms with Crippen molar-refractivity contribution in [1.29, 1.82) is 0 Å². The van der Waals surface area contributed by atoms with E-state index in [9.17, 15) is 4.79 Å². The summed E-state index contributed by atoms with van der Waals surface area (Å²) in [5.41, 5.74) is 2.99. The number of benzene rings is 2. The van der Waals surface area contributed by atoms with Crippen LogP contribution in [0.1, 0.15) is 21.6 Å². The van der Waals surface area contributed by atoms with Crippen LogP contribution in [0.4, 0.5) is 0 Å². The first kappa shape index (κ1) is 16.5. The zero-order chi connectivity index (χ0) is 17.6. The lowest BCUT2D eigenvalue weighted by atomic mass is 10.1. The molecule has 3 aromatic rings. The van der Waals surface area contributed by atoms with E-state index in [2.05, 4.69) is 22.1 Å². The first-order chi connectivity index (χ1) is 12.2. The molecule has 1 N–H and O–H groups in total. The Hall–Kier alpha value is -3.32. The number of carbonyl (C=O) groups is 1. The fraction of sp³-hybridized carbons (Fsp3) is 0.143. The van der Waals surface area contributed by atoms with Gasteiger partial charge >= 0.3 is 0 Å². The van der Waals surface area contributed by atoms with E-state index in [0.29, 0.717) is 11.3 Å². The Kier molecular flexibility index (Phi) is 4.96. The van der Waals surface area contributed by atoms with E-state index < -0.39 is 0 Å². The van der Waals surface area contributed by atoms with E-state index in [1.165, 1.54) is 0 Å². The Morgan fingerprint density at radius 1 is 1.16 bits per heavy atom. The number of methoxy groups -OCH3 is 1. The number of pyridine rings is 1. The molecule has 0 atom stereocenters. The number of carbonyl (C=O) groups excluding carboxylic acids is 1. The van der Waals surface area contributed by atoms with Crippen molar-refractivity contribution in [2.45, 2.75) is 6.92 Å². The largest absolute Gasteiger partial charge is 0.497 e. The lowest BCUT2D eigenvalue weighted by molar-refractivity contribution is 0.0958. The molecule has 0 aliphatic rings. The Balaban J connectivity index is 1.75. The number of aryl methyl sites for hydroxylation is 1. The van der Waals surface area contributed by atoms with Crippen molar-refractivity contribution in [1.82, 2.24) is 10.3 Å². The van der Waals surface area contributed by atoms with Crippen LogP contribution in [0, 0.1) is 18.8 Å². The van der Waals surface area contributed by atoms with Gasteiger partial charge in [-0.2, -0.15) is 0 Å². The van der Waals surface area contributed by atoms with Crippen LogP contribution >= 0.6 is 0 Å². The van der Waals surface area contributed by atoms with Crippen LogP contribution in [0.3, 0.4) is 0 Å². The number of rotatable bonds is 3. The number of fused-ring (bicyclic) bond motifs is 1. The molecule has 0 fully saturated rings. The molecular formula is C21H18N2O2. The summed E-state index contributed by atoms with van der Waals surface area (Å²) in [5.74, 6) is 6.52. The highest BCUT2D eigenvalue weighted by Gasteiger charge is 2.11. The van der Waals surface area contributed by atoms with Gasteiger partial charge in [-0.05, 0) is 43.3 Å². The lowest BCUT2D eigenvalue weighted by Gasteiger charge is -2.08.